The highest BCUT2D eigenvalue weighted by Gasteiger charge is 2.02. The number of nitrogens with two attached hydrogens (primary N) is 1. The van der Waals surface area contributed by atoms with E-state index in [1.807, 2.05) is 0 Å². The minimum Gasteiger partial charge on any atom is -0.330 e. The van der Waals surface area contributed by atoms with Crippen molar-refractivity contribution in [2.45, 2.75) is 58.8 Å². The minimum atomic E-state index is 0.829. The summed E-state index contributed by atoms with van der Waals surface area (Å²) in [7, 11) is 0. The Kier molecular flexibility index (Phi) is 11.9. The Morgan fingerprint density at radius 1 is 0.733 bits per heavy atom. The van der Waals surface area contributed by atoms with Gasteiger partial charge in [-0.25, -0.2) is 0 Å². The van der Waals surface area contributed by atoms with Gasteiger partial charge in [0.25, 0.3) is 0 Å². The van der Waals surface area contributed by atoms with Crippen molar-refractivity contribution in [3.05, 3.63) is 0 Å². The SMILES string of the molecule is CCCCCCCN(CCC)CCCN. The summed E-state index contributed by atoms with van der Waals surface area (Å²) in [5, 5.41) is 0. The van der Waals surface area contributed by atoms with Gasteiger partial charge in [0.1, 0.15) is 0 Å². The summed E-state index contributed by atoms with van der Waals surface area (Å²) in [6.45, 7) is 9.07. The van der Waals surface area contributed by atoms with Crippen LogP contribution in [-0.4, -0.2) is 31.1 Å². The van der Waals surface area contributed by atoms with Crippen LogP contribution in [-0.2, 0) is 0 Å². The van der Waals surface area contributed by atoms with E-state index >= 15 is 0 Å². The fourth-order valence-electron chi connectivity index (χ4n) is 1.91. The zero-order chi connectivity index (χ0) is 11.4. The highest BCUT2D eigenvalue weighted by Crippen LogP contribution is 2.04. The Morgan fingerprint density at radius 3 is 2.00 bits per heavy atom. The van der Waals surface area contributed by atoms with E-state index in [1.165, 1.54) is 58.2 Å². The molecule has 0 fully saturated rings. The first kappa shape index (κ1) is 14.9. The molecule has 2 heteroatoms. The lowest BCUT2D eigenvalue weighted by molar-refractivity contribution is 0.265. The number of hydrogen-bond acceptors (Lipinski definition) is 2. The lowest BCUT2D eigenvalue weighted by Crippen LogP contribution is -2.28. The van der Waals surface area contributed by atoms with Crippen molar-refractivity contribution in [2.24, 2.45) is 5.73 Å². The van der Waals surface area contributed by atoms with Crippen LogP contribution in [0, 0.1) is 0 Å². The van der Waals surface area contributed by atoms with Crippen molar-refractivity contribution in [3.8, 4) is 0 Å². The van der Waals surface area contributed by atoms with Crippen molar-refractivity contribution in [1.29, 1.82) is 0 Å². The second kappa shape index (κ2) is 12.0. The van der Waals surface area contributed by atoms with Gasteiger partial charge in [-0.05, 0) is 45.4 Å². The summed E-state index contributed by atoms with van der Waals surface area (Å²) in [4.78, 5) is 2.57. The van der Waals surface area contributed by atoms with Crippen LogP contribution in [0.5, 0.6) is 0 Å². The van der Waals surface area contributed by atoms with Gasteiger partial charge >= 0.3 is 0 Å². The Balaban J connectivity index is 3.38. The molecule has 0 radical (unpaired) electrons. The molecule has 2 N–H and O–H groups in total. The van der Waals surface area contributed by atoms with Crippen LogP contribution in [0.2, 0.25) is 0 Å². The monoisotopic (exact) mass is 214 g/mol. The van der Waals surface area contributed by atoms with E-state index in [2.05, 4.69) is 18.7 Å². The Hall–Kier alpha value is -0.0800. The van der Waals surface area contributed by atoms with Crippen LogP contribution in [0.1, 0.15) is 58.8 Å². The number of rotatable bonds is 11. The molecule has 0 aromatic heterocycles. The second-order valence-corrected chi connectivity index (χ2v) is 4.40. The van der Waals surface area contributed by atoms with Crippen LogP contribution in [0.15, 0.2) is 0 Å². The predicted octanol–water partition coefficient (Wildman–Crippen LogP) is 3.02. The molecule has 0 saturated carbocycles. The van der Waals surface area contributed by atoms with Gasteiger partial charge in [0.2, 0.25) is 0 Å². The van der Waals surface area contributed by atoms with E-state index in [1.54, 1.807) is 0 Å². The molecule has 15 heavy (non-hydrogen) atoms. The predicted molar refractivity (Wildman–Crippen MR) is 69.2 cm³/mol. The van der Waals surface area contributed by atoms with E-state index in [9.17, 15) is 0 Å². The number of unbranched alkanes of at least 4 members (excludes halogenated alkanes) is 4. The standard InChI is InChI=1S/C13H30N2/c1-3-5-6-7-8-12-15(11-4-2)13-9-10-14/h3-14H2,1-2H3. The molecule has 0 aromatic rings. The highest BCUT2D eigenvalue weighted by molar-refractivity contribution is 4.58. The van der Waals surface area contributed by atoms with Crippen molar-refractivity contribution in [2.75, 3.05) is 26.2 Å². The topological polar surface area (TPSA) is 29.3 Å². The molecule has 0 aliphatic rings. The number of hydrogen-bond donors (Lipinski definition) is 1. The maximum absolute atomic E-state index is 5.54. The molecule has 92 valence electrons. The van der Waals surface area contributed by atoms with E-state index in [-0.39, 0.29) is 0 Å². The quantitative estimate of drug-likeness (QED) is 0.536. The summed E-state index contributed by atoms with van der Waals surface area (Å²) in [6, 6.07) is 0. The van der Waals surface area contributed by atoms with Gasteiger partial charge in [-0.3, -0.25) is 0 Å². The molecule has 0 aliphatic carbocycles. The van der Waals surface area contributed by atoms with Crippen LogP contribution in [0.4, 0.5) is 0 Å². The largest absolute Gasteiger partial charge is 0.330 e. The fourth-order valence-corrected chi connectivity index (χ4v) is 1.91. The molecule has 0 bridgehead atoms. The lowest BCUT2D eigenvalue weighted by atomic mass is 10.1. The molecular weight excluding hydrogens is 184 g/mol. The first-order chi connectivity index (χ1) is 7.35. The molecule has 0 aliphatic heterocycles. The molecular formula is C13H30N2. The fraction of sp³-hybridized carbons (Fsp3) is 1.00. The Bertz CT molecular complexity index is 115. The molecule has 0 heterocycles. The van der Waals surface area contributed by atoms with Crippen molar-refractivity contribution in [1.82, 2.24) is 4.90 Å². The third-order valence-corrected chi connectivity index (χ3v) is 2.80. The van der Waals surface area contributed by atoms with E-state index < -0.39 is 0 Å². The highest BCUT2D eigenvalue weighted by atomic mass is 15.1. The molecule has 2 nitrogen and oxygen atoms in total. The maximum atomic E-state index is 5.54. The van der Waals surface area contributed by atoms with Gasteiger partial charge in [0, 0.05) is 0 Å². The van der Waals surface area contributed by atoms with Gasteiger partial charge in [0.05, 0.1) is 0 Å². The van der Waals surface area contributed by atoms with Gasteiger partial charge in [-0.15, -0.1) is 0 Å². The van der Waals surface area contributed by atoms with E-state index in [0.29, 0.717) is 0 Å². The molecule has 0 aromatic carbocycles. The molecule has 0 rings (SSSR count). The average molecular weight is 214 g/mol. The zero-order valence-corrected chi connectivity index (χ0v) is 10.8. The Morgan fingerprint density at radius 2 is 1.40 bits per heavy atom. The number of nitrogens with zero attached hydrogens (tertiary/aromatic N) is 1. The summed E-state index contributed by atoms with van der Waals surface area (Å²) in [5.41, 5.74) is 5.54. The third-order valence-electron chi connectivity index (χ3n) is 2.80. The smallest absolute Gasteiger partial charge is 0.000672 e. The van der Waals surface area contributed by atoms with Crippen LogP contribution < -0.4 is 5.73 Å². The van der Waals surface area contributed by atoms with Gasteiger partial charge < -0.3 is 10.6 Å². The molecule has 0 amide bonds. The molecule has 0 atom stereocenters. The van der Waals surface area contributed by atoms with Crippen molar-refractivity contribution >= 4 is 0 Å². The van der Waals surface area contributed by atoms with Crippen molar-refractivity contribution in [3.63, 3.8) is 0 Å². The zero-order valence-electron chi connectivity index (χ0n) is 10.8. The average Bonchev–Trinajstić information content (AvgIpc) is 2.25. The van der Waals surface area contributed by atoms with Crippen LogP contribution in [0.25, 0.3) is 0 Å². The normalized spacial score (nSPS) is 11.2. The van der Waals surface area contributed by atoms with Crippen LogP contribution >= 0.6 is 0 Å². The van der Waals surface area contributed by atoms with Gasteiger partial charge in [0.15, 0.2) is 0 Å². The third kappa shape index (κ3) is 10.2. The first-order valence-corrected chi connectivity index (χ1v) is 6.77. The van der Waals surface area contributed by atoms with Gasteiger partial charge in [-0.1, -0.05) is 39.5 Å². The molecule has 0 unspecified atom stereocenters. The van der Waals surface area contributed by atoms with E-state index in [4.69, 9.17) is 5.73 Å². The summed E-state index contributed by atoms with van der Waals surface area (Å²) >= 11 is 0. The van der Waals surface area contributed by atoms with Crippen LogP contribution in [0.3, 0.4) is 0 Å². The summed E-state index contributed by atoms with van der Waals surface area (Å²) in [6.07, 6.45) is 9.32. The van der Waals surface area contributed by atoms with Crippen molar-refractivity contribution < 1.29 is 0 Å². The van der Waals surface area contributed by atoms with E-state index in [0.717, 1.165) is 13.0 Å². The minimum absolute atomic E-state index is 0.829. The molecule has 0 saturated heterocycles. The Labute approximate surface area is 96.2 Å². The second-order valence-electron chi connectivity index (χ2n) is 4.40. The lowest BCUT2D eigenvalue weighted by Gasteiger charge is -2.21. The maximum Gasteiger partial charge on any atom is -0.000672 e. The summed E-state index contributed by atoms with van der Waals surface area (Å²) < 4.78 is 0. The van der Waals surface area contributed by atoms with Gasteiger partial charge in [-0.2, -0.15) is 0 Å². The summed E-state index contributed by atoms with van der Waals surface area (Å²) in [5.74, 6) is 0. The molecule has 0 spiro atoms. The first-order valence-electron chi connectivity index (χ1n) is 6.77.